The van der Waals surface area contributed by atoms with Crippen LogP contribution >= 0.6 is 0 Å². The Hall–Kier alpha value is -3.28. The second-order valence-electron chi connectivity index (χ2n) is 7.24. The lowest BCUT2D eigenvalue weighted by molar-refractivity contribution is 0.00271. The summed E-state index contributed by atoms with van der Waals surface area (Å²) < 4.78 is 39.7. The number of rotatable bonds is 14. The van der Waals surface area contributed by atoms with Gasteiger partial charge in [-0.3, -0.25) is 9.78 Å². The highest BCUT2D eigenvalue weighted by Crippen LogP contribution is 2.26. The molecule has 1 aromatic carbocycles. The summed E-state index contributed by atoms with van der Waals surface area (Å²) in [6, 6.07) is 14.2. The molecule has 0 unspecified atom stereocenters. The van der Waals surface area contributed by atoms with Crippen molar-refractivity contribution in [3.05, 3.63) is 102 Å². The second-order valence-corrected chi connectivity index (χ2v) is 7.24. The van der Waals surface area contributed by atoms with Gasteiger partial charge in [0.1, 0.15) is 18.1 Å². The number of aromatic nitrogens is 1. The quantitative estimate of drug-likeness (QED) is 0.142. The van der Waals surface area contributed by atoms with Gasteiger partial charge < -0.3 is 9.47 Å². The first-order valence-corrected chi connectivity index (χ1v) is 10.6. The molecule has 4 nitrogen and oxygen atoms in total. The first-order valence-electron chi connectivity index (χ1n) is 10.6. The molecule has 0 atom stereocenters. The number of hydrogen-bond acceptors (Lipinski definition) is 4. The number of carbonyl (C=O) groups is 1. The van der Waals surface area contributed by atoms with E-state index in [1.165, 1.54) is 18.3 Å². The van der Waals surface area contributed by atoms with Crippen LogP contribution in [-0.4, -0.2) is 23.3 Å². The van der Waals surface area contributed by atoms with Gasteiger partial charge in [-0.1, -0.05) is 49.1 Å². The number of alkyl halides is 2. The molecule has 32 heavy (non-hydrogen) atoms. The van der Waals surface area contributed by atoms with Crippen LogP contribution in [0.4, 0.5) is 8.78 Å². The van der Waals surface area contributed by atoms with Crippen molar-refractivity contribution in [2.75, 3.05) is 6.61 Å². The zero-order valence-electron chi connectivity index (χ0n) is 18.3. The molecule has 1 aromatic heterocycles. The van der Waals surface area contributed by atoms with Crippen LogP contribution < -0.4 is 0 Å². The van der Waals surface area contributed by atoms with Crippen molar-refractivity contribution in [1.29, 1.82) is 0 Å². The molecule has 0 aliphatic carbocycles. The molecule has 6 heteroatoms. The van der Waals surface area contributed by atoms with Gasteiger partial charge >= 0.3 is 5.92 Å². The van der Waals surface area contributed by atoms with E-state index in [1.54, 1.807) is 24.3 Å². The Morgan fingerprint density at radius 2 is 1.81 bits per heavy atom. The maximum atomic E-state index is 14.1. The van der Waals surface area contributed by atoms with E-state index < -0.39 is 18.1 Å². The number of benzene rings is 1. The van der Waals surface area contributed by atoms with E-state index >= 15 is 0 Å². The van der Waals surface area contributed by atoms with Gasteiger partial charge in [0.25, 0.3) is 0 Å². The Labute approximate surface area is 188 Å². The van der Waals surface area contributed by atoms with Gasteiger partial charge in [-0.25, -0.2) is 0 Å². The molecule has 2 rings (SSSR count). The first kappa shape index (κ1) is 25.0. The lowest BCUT2D eigenvalue weighted by Gasteiger charge is -2.14. The van der Waals surface area contributed by atoms with Gasteiger partial charge in [-0.15, -0.1) is 0 Å². The molecule has 0 aliphatic heterocycles. The standard InChI is InChI=1S/C26H29F2NO3/c1-3-12-23(19-21(2)32-20-22-13-6-4-7-14-22)31-18-11-5-9-16-26(27,28)25(30)24-15-8-10-17-29-24/h3-4,6-8,10,12-15,17,19H,1,5,9,11,16,18,20H2,2H3/b21-19+,23-12+. The number of pyridine rings is 1. The Morgan fingerprint density at radius 3 is 2.50 bits per heavy atom. The van der Waals surface area contributed by atoms with Gasteiger partial charge in [-0.2, -0.15) is 8.78 Å². The minimum atomic E-state index is -3.42. The molecule has 2 aromatic rings. The number of Topliss-reactive ketones (excluding diaryl/α,β-unsaturated/α-hetero) is 1. The maximum Gasteiger partial charge on any atom is 0.311 e. The molecule has 0 saturated heterocycles. The van der Waals surface area contributed by atoms with E-state index in [9.17, 15) is 13.6 Å². The number of carbonyl (C=O) groups excluding carboxylic acids is 1. The van der Waals surface area contributed by atoms with Crippen LogP contribution in [-0.2, 0) is 16.1 Å². The van der Waals surface area contributed by atoms with Crippen LogP contribution in [0.1, 0.15) is 48.7 Å². The topological polar surface area (TPSA) is 48.4 Å². The lowest BCUT2D eigenvalue weighted by atomic mass is 10.0. The van der Waals surface area contributed by atoms with Crippen molar-refractivity contribution >= 4 is 5.78 Å². The molecule has 170 valence electrons. The molecule has 0 amide bonds. The summed E-state index contributed by atoms with van der Waals surface area (Å²) in [6.07, 6.45) is 7.23. The van der Waals surface area contributed by atoms with Gasteiger partial charge in [0, 0.05) is 18.7 Å². The number of unbranched alkanes of at least 4 members (excludes halogenated alkanes) is 2. The smallest absolute Gasteiger partial charge is 0.311 e. The Balaban J connectivity index is 1.71. The van der Waals surface area contributed by atoms with Crippen LogP contribution in [0, 0.1) is 0 Å². The van der Waals surface area contributed by atoms with Gasteiger partial charge in [0.05, 0.1) is 12.4 Å². The summed E-state index contributed by atoms with van der Waals surface area (Å²) in [4.78, 5) is 15.6. The van der Waals surface area contributed by atoms with Crippen LogP contribution in [0.25, 0.3) is 0 Å². The van der Waals surface area contributed by atoms with Gasteiger partial charge in [-0.05, 0) is 50.0 Å². The van der Waals surface area contributed by atoms with Crippen molar-refractivity contribution in [2.24, 2.45) is 0 Å². The Morgan fingerprint density at radius 1 is 1.06 bits per heavy atom. The molecule has 0 radical (unpaired) electrons. The highest BCUT2D eigenvalue weighted by atomic mass is 19.3. The highest BCUT2D eigenvalue weighted by molar-refractivity contribution is 5.99. The molecule has 0 fully saturated rings. The zero-order chi connectivity index (χ0) is 23.2. The Bertz CT molecular complexity index is 909. The van der Waals surface area contributed by atoms with Crippen molar-refractivity contribution in [2.45, 2.75) is 45.1 Å². The fraction of sp³-hybridized carbons (Fsp3) is 0.308. The van der Waals surface area contributed by atoms with Crippen molar-refractivity contribution in [3.63, 3.8) is 0 Å². The predicted molar refractivity (Wildman–Crippen MR) is 121 cm³/mol. The molecule has 0 bridgehead atoms. The number of hydrogen-bond donors (Lipinski definition) is 0. The molecular weight excluding hydrogens is 412 g/mol. The minimum absolute atomic E-state index is 0.211. The fourth-order valence-corrected chi connectivity index (χ4v) is 2.88. The number of nitrogens with zero attached hydrogens (tertiary/aromatic N) is 1. The van der Waals surface area contributed by atoms with E-state index in [1.807, 2.05) is 37.3 Å². The molecule has 1 heterocycles. The van der Waals surface area contributed by atoms with Crippen molar-refractivity contribution in [1.82, 2.24) is 4.98 Å². The predicted octanol–water partition coefficient (Wildman–Crippen LogP) is 6.67. The Kier molecular flexibility index (Phi) is 10.3. The average Bonchev–Trinajstić information content (AvgIpc) is 2.80. The SMILES string of the molecule is C=C/C=C(\C=C(/C)OCc1ccccc1)OCCCCCC(F)(F)C(=O)c1ccccn1. The summed E-state index contributed by atoms with van der Waals surface area (Å²) in [5.41, 5.74) is 0.852. The fourth-order valence-electron chi connectivity index (χ4n) is 2.88. The third-order valence-electron chi connectivity index (χ3n) is 4.57. The molecule has 0 aliphatic rings. The van der Waals surface area contributed by atoms with Crippen LogP contribution in [0.2, 0.25) is 0 Å². The third-order valence-corrected chi connectivity index (χ3v) is 4.57. The number of halogens is 2. The molecule has 0 N–H and O–H groups in total. The van der Waals surface area contributed by atoms with E-state index in [4.69, 9.17) is 9.47 Å². The summed E-state index contributed by atoms with van der Waals surface area (Å²) >= 11 is 0. The zero-order valence-corrected chi connectivity index (χ0v) is 18.3. The number of ether oxygens (including phenoxy) is 2. The first-order chi connectivity index (χ1) is 15.4. The van der Waals surface area contributed by atoms with E-state index in [0.29, 0.717) is 37.6 Å². The molecule has 0 spiro atoms. The summed E-state index contributed by atoms with van der Waals surface area (Å²) in [5.74, 6) is -3.38. The largest absolute Gasteiger partial charge is 0.493 e. The summed E-state index contributed by atoms with van der Waals surface area (Å²) in [5, 5.41) is 0. The average molecular weight is 442 g/mol. The third kappa shape index (κ3) is 8.84. The summed E-state index contributed by atoms with van der Waals surface area (Å²) in [7, 11) is 0. The second kappa shape index (κ2) is 13.2. The minimum Gasteiger partial charge on any atom is -0.493 e. The van der Waals surface area contributed by atoms with Gasteiger partial charge in [0.2, 0.25) is 5.78 Å². The van der Waals surface area contributed by atoms with Gasteiger partial charge in [0.15, 0.2) is 0 Å². The lowest BCUT2D eigenvalue weighted by Crippen LogP contribution is -2.29. The van der Waals surface area contributed by atoms with Crippen LogP contribution in [0.5, 0.6) is 0 Å². The van der Waals surface area contributed by atoms with Crippen LogP contribution in [0.15, 0.2) is 91.1 Å². The van der Waals surface area contributed by atoms with E-state index in [2.05, 4.69) is 11.6 Å². The number of ketones is 1. The van der Waals surface area contributed by atoms with Crippen molar-refractivity contribution < 1.29 is 23.0 Å². The van der Waals surface area contributed by atoms with E-state index in [-0.39, 0.29) is 12.1 Å². The number of allylic oxidation sites excluding steroid dienone is 4. The summed E-state index contributed by atoms with van der Waals surface area (Å²) in [6.45, 7) is 6.34. The highest BCUT2D eigenvalue weighted by Gasteiger charge is 2.39. The monoisotopic (exact) mass is 441 g/mol. The molecular formula is C26H29F2NO3. The maximum absolute atomic E-state index is 14.1. The molecule has 0 saturated carbocycles. The normalized spacial score (nSPS) is 12.3. The van der Waals surface area contributed by atoms with Crippen LogP contribution in [0.3, 0.4) is 0 Å². The van der Waals surface area contributed by atoms with Crippen molar-refractivity contribution in [3.8, 4) is 0 Å². The van der Waals surface area contributed by atoms with E-state index in [0.717, 1.165) is 5.56 Å².